The zero-order chi connectivity index (χ0) is 7.28. The molecule has 60 valence electrons. The monoisotopic (exact) mass is 174 g/mol. The second-order valence-corrected chi connectivity index (χ2v) is 6.52. The highest BCUT2D eigenvalue weighted by atomic mass is 35.5. The Morgan fingerprint density at radius 2 is 1.30 bits per heavy atom. The topological polar surface area (TPSA) is 0 Å². The van der Waals surface area contributed by atoms with Crippen LogP contribution in [0.15, 0.2) is 0 Å². The Hall–Kier alpha value is 1.06. The highest BCUT2D eigenvalue weighted by molar-refractivity contribution is 6.39. The Morgan fingerprint density at radius 1 is 1.00 bits per heavy atom. The SMILES string of the molecule is CC[CH](C)[Mg][CH](C)CC.Cl. The standard InChI is InChI=1S/2C4H9.ClH.Mg/c2*1-3-4-2;;/h2*3H,4H2,1-2H3;1H;. The molecule has 0 amide bonds. The summed E-state index contributed by atoms with van der Waals surface area (Å²) in [4.78, 5) is 0. The van der Waals surface area contributed by atoms with Crippen LogP contribution in [0.2, 0.25) is 8.09 Å². The molecular weight excluding hydrogens is 156 g/mol. The Bertz CT molecular complexity index is 58.3. The van der Waals surface area contributed by atoms with E-state index in [1.54, 1.807) is 0 Å². The molecule has 0 bridgehead atoms. The van der Waals surface area contributed by atoms with Gasteiger partial charge in [-0.3, -0.25) is 0 Å². The van der Waals surface area contributed by atoms with Crippen molar-refractivity contribution in [3.63, 3.8) is 0 Å². The minimum absolute atomic E-state index is 0. The molecule has 0 aliphatic heterocycles. The summed E-state index contributed by atoms with van der Waals surface area (Å²) in [6.07, 6.45) is 2.80. The predicted octanol–water partition coefficient (Wildman–Crippen LogP) is 3.55. The Balaban J connectivity index is 0. The van der Waals surface area contributed by atoms with Gasteiger partial charge >= 0.3 is 20.4 Å². The Kier molecular flexibility index (Phi) is 11.1. The maximum absolute atomic E-state index is 2.40. The molecule has 10 heavy (non-hydrogen) atoms. The Labute approximate surface area is 81.3 Å². The van der Waals surface area contributed by atoms with E-state index in [9.17, 15) is 0 Å². The highest BCUT2D eigenvalue weighted by Gasteiger charge is 2.09. The number of hydrogen-bond donors (Lipinski definition) is 0. The van der Waals surface area contributed by atoms with Crippen LogP contribution in [0.4, 0.5) is 0 Å². The molecule has 2 atom stereocenters. The lowest BCUT2D eigenvalue weighted by molar-refractivity contribution is 0.803. The summed E-state index contributed by atoms with van der Waals surface area (Å²) in [5.41, 5.74) is 0. The van der Waals surface area contributed by atoms with Gasteiger partial charge in [0.05, 0.1) is 0 Å². The average Bonchev–Trinajstić information content (AvgIpc) is 1.87. The van der Waals surface area contributed by atoms with E-state index in [1.165, 1.54) is 12.8 Å². The van der Waals surface area contributed by atoms with E-state index in [1.807, 2.05) is 0 Å². The third-order valence-corrected chi connectivity index (χ3v) is 4.96. The van der Waals surface area contributed by atoms with Crippen LogP contribution in [0.3, 0.4) is 0 Å². The first kappa shape index (κ1) is 13.6. The molecule has 0 spiro atoms. The smallest absolute Gasteiger partial charge is 0.147 e. The van der Waals surface area contributed by atoms with Crippen molar-refractivity contribution in [3.05, 3.63) is 0 Å². The summed E-state index contributed by atoms with van der Waals surface area (Å²) < 4.78 is 2.14. The highest BCUT2D eigenvalue weighted by Crippen LogP contribution is 2.16. The van der Waals surface area contributed by atoms with Crippen molar-refractivity contribution in [2.24, 2.45) is 0 Å². The van der Waals surface area contributed by atoms with Crippen LogP contribution in [-0.4, -0.2) is 20.4 Å². The molecule has 2 heteroatoms. The van der Waals surface area contributed by atoms with Crippen LogP contribution in [-0.2, 0) is 0 Å². The van der Waals surface area contributed by atoms with Crippen LogP contribution in [0.25, 0.3) is 0 Å². The van der Waals surface area contributed by atoms with Gasteiger partial charge < -0.3 is 0 Å². The summed E-state index contributed by atoms with van der Waals surface area (Å²) in [6.45, 7) is 9.41. The van der Waals surface area contributed by atoms with Crippen molar-refractivity contribution < 1.29 is 0 Å². The summed E-state index contributed by atoms with van der Waals surface area (Å²) in [5, 5.41) is 0. The lowest BCUT2D eigenvalue weighted by atomic mass is 10.3. The fourth-order valence-corrected chi connectivity index (χ4v) is 3.06. The zero-order valence-electron chi connectivity index (χ0n) is 7.68. The maximum Gasteiger partial charge on any atom is 0.372 e. The summed E-state index contributed by atoms with van der Waals surface area (Å²) in [6, 6.07) is 0. The minimum Gasteiger partial charge on any atom is -0.147 e. The second kappa shape index (κ2) is 8.16. The molecule has 0 aromatic heterocycles. The van der Waals surface area contributed by atoms with E-state index >= 15 is 0 Å². The van der Waals surface area contributed by atoms with Crippen molar-refractivity contribution in [1.82, 2.24) is 0 Å². The van der Waals surface area contributed by atoms with Crippen LogP contribution in [0.5, 0.6) is 0 Å². The van der Waals surface area contributed by atoms with E-state index in [0.29, 0.717) is 0 Å². The first-order chi connectivity index (χ1) is 4.20. The van der Waals surface area contributed by atoms with E-state index < -0.39 is 0 Å². The van der Waals surface area contributed by atoms with Gasteiger partial charge in [-0.05, 0) is 0 Å². The van der Waals surface area contributed by atoms with E-state index in [4.69, 9.17) is 0 Å². The van der Waals surface area contributed by atoms with Gasteiger partial charge in [0.15, 0.2) is 0 Å². The van der Waals surface area contributed by atoms with Crippen LogP contribution in [0, 0.1) is 0 Å². The molecular formula is C8H19ClMg. The summed E-state index contributed by atoms with van der Waals surface area (Å²) in [5.74, 6) is 0. The molecule has 0 rings (SSSR count). The molecule has 0 heterocycles. The molecule has 0 N–H and O–H groups in total. The number of hydrogen-bond acceptors (Lipinski definition) is 0. The first-order valence-corrected chi connectivity index (χ1v) is 5.83. The van der Waals surface area contributed by atoms with Gasteiger partial charge in [0.1, 0.15) is 0 Å². The quantitative estimate of drug-likeness (QED) is 0.573. The van der Waals surface area contributed by atoms with Gasteiger partial charge in [0.25, 0.3) is 0 Å². The largest absolute Gasteiger partial charge is 0.372 e. The van der Waals surface area contributed by atoms with Gasteiger partial charge in [0, 0.05) is 0 Å². The van der Waals surface area contributed by atoms with E-state index in [-0.39, 0.29) is 32.8 Å². The third kappa shape index (κ3) is 7.17. The van der Waals surface area contributed by atoms with Gasteiger partial charge in [-0.1, -0.05) is 40.5 Å². The van der Waals surface area contributed by atoms with Crippen molar-refractivity contribution >= 4 is 32.8 Å². The molecule has 0 aromatic rings. The van der Waals surface area contributed by atoms with Gasteiger partial charge in [-0.25, -0.2) is 0 Å². The van der Waals surface area contributed by atoms with Crippen LogP contribution >= 0.6 is 12.4 Å². The van der Waals surface area contributed by atoms with Crippen molar-refractivity contribution in [2.75, 3.05) is 0 Å². The van der Waals surface area contributed by atoms with Crippen LogP contribution < -0.4 is 0 Å². The molecule has 0 radical (unpaired) electrons. The molecule has 0 nitrogen and oxygen atoms in total. The molecule has 0 aromatic carbocycles. The minimum atomic E-state index is 0. The van der Waals surface area contributed by atoms with Gasteiger partial charge in [-0.2, -0.15) is 0 Å². The zero-order valence-corrected chi connectivity index (χ0v) is 9.91. The van der Waals surface area contributed by atoms with Crippen LogP contribution in [0.1, 0.15) is 40.5 Å². The number of rotatable bonds is 4. The molecule has 0 fully saturated rings. The molecule has 0 saturated carbocycles. The van der Waals surface area contributed by atoms with Gasteiger partial charge in [-0.15, -0.1) is 20.5 Å². The third-order valence-electron chi connectivity index (χ3n) is 2.20. The molecule has 0 aliphatic carbocycles. The molecule has 2 unspecified atom stereocenters. The predicted molar refractivity (Wildman–Crippen MR) is 52.4 cm³/mol. The summed E-state index contributed by atoms with van der Waals surface area (Å²) >= 11 is 0.260. The lowest BCUT2D eigenvalue weighted by Crippen LogP contribution is -2.03. The normalized spacial score (nSPS) is 14.8. The Morgan fingerprint density at radius 3 is 1.50 bits per heavy atom. The average molecular weight is 175 g/mol. The van der Waals surface area contributed by atoms with Crippen molar-refractivity contribution in [1.29, 1.82) is 0 Å². The first-order valence-electron chi connectivity index (χ1n) is 4.20. The van der Waals surface area contributed by atoms with E-state index in [2.05, 4.69) is 27.7 Å². The number of halogens is 1. The molecule has 0 saturated heterocycles. The maximum atomic E-state index is 2.40. The second-order valence-electron chi connectivity index (χ2n) is 3.26. The van der Waals surface area contributed by atoms with E-state index in [0.717, 1.165) is 8.09 Å². The fourth-order valence-electron chi connectivity index (χ4n) is 1.02. The van der Waals surface area contributed by atoms with Gasteiger partial charge in [0.2, 0.25) is 0 Å². The van der Waals surface area contributed by atoms with Crippen molar-refractivity contribution in [3.8, 4) is 0 Å². The lowest BCUT2D eigenvalue weighted by Gasteiger charge is -2.10. The summed E-state index contributed by atoms with van der Waals surface area (Å²) in [7, 11) is 0. The van der Waals surface area contributed by atoms with Crippen molar-refractivity contribution in [2.45, 2.75) is 48.6 Å². The fraction of sp³-hybridized carbons (Fsp3) is 1.00. The molecule has 0 aliphatic rings.